The van der Waals surface area contributed by atoms with Gasteiger partial charge in [0.1, 0.15) is 0 Å². The predicted molar refractivity (Wildman–Crippen MR) is 99.3 cm³/mol. The van der Waals surface area contributed by atoms with Crippen molar-refractivity contribution in [3.05, 3.63) is 48.0 Å². The monoisotopic (exact) mass is 362 g/mol. The van der Waals surface area contributed by atoms with Crippen molar-refractivity contribution in [2.45, 2.75) is 50.9 Å². The largest absolute Gasteiger partial charge is 0.469 e. The maximum absolute atomic E-state index is 11.1. The van der Waals surface area contributed by atoms with Gasteiger partial charge in [-0.1, -0.05) is 42.5 Å². The smallest absolute Gasteiger partial charge is 0.305 e. The summed E-state index contributed by atoms with van der Waals surface area (Å²) in [6, 6.07) is 9.93. The van der Waals surface area contributed by atoms with Crippen LogP contribution in [0.1, 0.15) is 37.7 Å². The molecule has 0 spiro atoms. The summed E-state index contributed by atoms with van der Waals surface area (Å²) >= 11 is 0. The number of aliphatic hydroxyl groups excluding tert-OH is 2. The maximum atomic E-state index is 11.1. The van der Waals surface area contributed by atoms with Gasteiger partial charge in [-0.3, -0.25) is 4.79 Å². The number of rotatable bonds is 10. The fourth-order valence-corrected chi connectivity index (χ4v) is 3.46. The number of allylic oxidation sites excluding steroid dienone is 2. The molecule has 5 heteroatoms. The van der Waals surface area contributed by atoms with Crippen LogP contribution in [0.25, 0.3) is 0 Å². The molecule has 26 heavy (non-hydrogen) atoms. The van der Waals surface area contributed by atoms with Gasteiger partial charge in [0.05, 0.1) is 32.5 Å². The number of carbonyl (C=O) groups excluding carboxylic acids is 1. The molecule has 0 bridgehead atoms. The molecule has 4 unspecified atom stereocenters. The SMILES string of the molecule is COC(=O)CCC/C=C\CC1C(O)CC(O)C1COCc1ccccc1. The molecule has 1 aliphatic rings. The number of esters is 1. The average Bonchev–Trinajstić information content (AvgIpc) is 2.92. The molecule has 0 aliphatic heterocycles. The van der Waals surface area contributed by atoms with Gasteiger partial charge in [-0.05, 0) is 37.2 Å². The van der Waals surface area contributed by atoms with E-state index in [2.05, 4.69) is 4.74 Å². The Morgan fingerprint density at radius 3 is 2.62 bits per heavy atom. The topological polar surface area (TPSA) is 76.0 Å². The number of hydrogen-bond donors (Lipinski definition) is 2. The third kappa shape index (κ3) is 6.56. The van der Waals surface area contributed by atoms with Gasteiger partial charge in [0.15, 0.2) is 0 Å². The molecule has 144 valence electrons. The second-order valence-corrected chi connectivity index (χ2v) is 6.87. The number of carbonyl (C=O) groups is 1. The lowest BCUT2D eigenvalue weighted by Gasteiger charge is -2.22. The second kappa shape index (κ2) is 11.1. The van der Waals surface area contributed by atoms with Crippen molar-refractivity contribution >= 4 is 5.97 Å². The van der Waals surface area contributed by atoms with Crippen LogP contribution in [0.4, 0.5) is 0 Å². The Balaban J connectivity index is 1.74. The molecule has 0 aromatic heterocycles. The van der Waals surface area contributed by atoms with E-state index in [9.17, 15) is 15.0 Å². The van der Waals surface area contributed by atoms with Gasteiger partial charge >= 0.3 is 5.97 Å². The van der Waals surface area contributed by atoms with Gasteiger partial charge in [-0.15, -0.1) is 0 Å². The Kier molecular flexibility index (Phi) is 8.81. The van der Waals surface area contributed by atoms with Crippen LogP contribution in [-0.4, -0.2) is 42.1 Å². The molecule has 0 heterocycles. The van der Waals surface area contributed by atoms with Gasteiger partial charge in [-0.2, -0.15) is 0 Å². The van der Waals surface area contributed by atoms with Crippen LogP contribution in [0, 0.1) is 11.8 Å². The minimum Gasteiger partial charge on any atom is -0.469 e. The van der Waals surface area contributed by atoms with Crippen molar-refractivity contribution in [2.24, 2.45) is 11.8 Å². The molecule has 0 saturated heterocycles. The summed E-state index contributed by atoms with van der Waals surface area (Å²) in [6.45, 7) is 0.949. The number of methoxy groups -OCH3 is 1. The Morgan fingerprint density at radius 1 is 1.15 bits per heavy atom. The van der Waals surface area contributed by atoms with E-state index in [-0.39, 0.29) is 17.8 Å². The molecule has 0 amide bonds. The Bertz CT molecular complexity index is 557. The summed E-state index contributed by atoms with van der Waals surface area (Å²) in [6.07, 6.45) is 6.11. The zero-order valence-electron chi connectivity index (χ0n) is 15.4. The highest BCUT2D eigenvalue weighted by atomic mass is 16.5. The predicted octanol–water partition coefficient (Wildman–Crippen LogP) is 2.85. The van der Waals surface area contributed by atoms with Crippen molar-refractivity contribution in [2.75, 3.05) is 13.7 Å². The summed E-state index contributed by atoms with van der Waals surface area (Å²) in [4.78, 5) is 11.1. The molecule has 0 radical (unpaired) electrons. The Hall–Kier alpha value is -1.69. The molecular weight excluding hydrogens is 332 g/mol. The fourth-order valence-electron chi connectivity index (χ4n) is 3.46. The quantitative estimate of drug-likeness (QED) is 0.380. The van der Waals surface area contributed by atoms with Gasteiger partial charge < -0.3 is 19.7 Å². The number of ether oxygens (including phenoxy) is 2. The lowest BCUT2D eigenvalue weighted by molar-refractivity contribution is -0.140. The summed E-state index contributed by atoms with van der Waals surface area (Å²) < 4.78 is 10.4. The van der Waals surface area contributed by atoms with Crippen LogP contribution in [0.2, 0.25) is 0 Å². The summed E-state index contributed by atoms with van der Waals surface area (Å²) in [5.74, 6) is -0.255. The number of hydrogen-bond acceptors (Lipinski definition) is 5. The number of benzene rings is 1. The van der Waals surface area contributed by atoms with Crippen molar-refractivity contribution in [1.29, 1.82) is 0 Å². The first kappa shape index (κ1) is 20.6. The molecule has 1 aromatic carbocycles. The highest BCUT2D eigenvalue weighted by Gasteiger charge is 2.40. The normalized spacial score (nSPS) is 25.7. The second-order valence-electron chi connectivity index (χ2n) is 6.87. The molecule has 2 rings (SSSR count). The zero-order valence-corrected chi connectivity index (χ0v) is 15.4. The van der Waals surface area contributed by atoms with Crippen LogP contribution in [0.15, 0.2) is 42.5 Å². The third-order valence-corrected chi connectivity index (χ3v) is 5.00. The van der Waals surface area contributed by atoms with Crippen LogP contribution in [0.3, 0.4) is 0 Å². The maximum Gasteiger partial charge on any atom is 0.305 e. The lowest BCUT2D eigenvalue weighted by atomic mass is 9.91. The van der Waals surface area contributed by atoms with Gasteiger partial charge in [0.2, 0.25) is 0 Å². The van der Waals surface area contributed by atoms with Crippen molar-refractivity contribution in [1.82, 2.24) is 0 Å². The van der Waals surface area contributed by atoms with Crippen LogP contribution in [-0.2, 0) is 20.9 Å². The van der Waals surface area contributed by atoms with Gasteiger partial charge in [0, 0.05) is 12.3 Å². The summed E-state index contributed by atoms with van der Waals surface area (Å²) in [7, 11) is 1.39. The molecule has 1 fully saturated rings. The van der Waals surface area contributed by atoms with Crippen molar-refractivity contribution in [3.8, 4) is 0 Å². The number of unbranched alkanes of at least 4 members (excludes halogenated alkanes) is 1. The first-order valence-corrected chi connectivity index (χ1v) is 9.31. The highest BCUT2D eigenvalue weighted by molar-refractivity contribution is 5.69. The first-order valence-electron chi connectivity index (χ1n) is 9.31. The van der Waals surface area contributed by atoms with Crippen molar-refractivity contribution in [3.63, 3.8) is 0 Å². The molecule has 1 aromatic rings. The molecule has 2 N–H and O–H groups in total. The van der Waals surface area contributed by atoms with Gasteiger partial charge in [-0.25, -0.2) is 0 Å². The van der Waals surface area contributed by atoms with Gasteiger partial charge in [0.25, 0.3) is 0 Å². The van der Waals surface area contributed by atoms with Crippen LogP contribution >= 0.6 is 0 Å². The summed E-state index contributed by atoms with van der Waals surface area (Å²) in [5.41, 5.74) is 1.10. The van der Waals surface area contributed by atoms with E-state index in [0.29, 0.717) is 32.5 Å². The van der Waals surface area contributed by atoms with Crippen LogP contribution < -0.4 is 0 Å². The van der Waals surface area contributed by atoms with E-state index < -0.39 is 12.2 Å². The fraction of sp³-hybridized carbons (Fsp3) is 0.571. The average molecular weight is 362 g/mol. The zero-order chi connectivity index (χ0) is 18.8. The van der Waals surface area contributed by atoms with E-state index >= 15 is 0 Å². The molecule has 4 atom stereocenters. The third-order valence-electron chi connectivity index (χ3n) is 5.00. The first-order chi connectivity index (χ1) is 12.6. The number of aliphatic hydroxyl groups is 2. The molecular formula is C21H30O5. The minimum atomic E-state index is -0.529. The van der Waals surface area contributed by atoms with Crippen LogP contribution in [0.5, 0.6) is 0 Å². The van der Waals surface area contributed by atoms with Crippen molar-refractivity contribution < 1.29 is 24.5 Å². The Morgan fingerprint density at radius 2 is 1.88 bits per heavy atom. The standard InChI is InChI=1S/C21H30O5/c1-25-21(24)12-8-3-2-7-11-17-18(20(23)13-19(17)22)15-26-14-16-9-5-4-6-10-16/h2,4-7,9-10,17-20,22-23H,3,8,11-15H2,1H3/b7-2-. The Labute approximate surface area is 155 Å². The summed E-state index contributed by atoms with van der Waals surface area (Å²) in [5, 5.41) is 20.5. The lowest BCUT2D eigenvalue weighted by Crippen LogP contribution is -2.26. The highest BCUT2D eigenvalue weighted by Crippen LogP contribution is 2.35. The molecule has 5 nitrogen and oxygen atoms in total. The van der Waals surface area contributed by atoms with E-state index in [1.54, 1.807) is 0 Å². The molecule has 1 aliphatic carbocycles. The van der Waals surface area contributed by atoms with E-state index in [1.165, 1.54) is 7.11 Å². The molecule has 1 saturated carbocycles. The van der Waals surface area contributed by atoms with E-state index in [4.69, 9.17) is 4.74 Å². The van der Waals surface area contributed by atoms with E-state index in [0.717, 1.165) is 18.4 Å². The van der Waals surface area contributed by atoms with E-state index in [1.807, 2.05) is 42.5 Å². The minimum absolute atomic E-state index is 0.00219.